The van der Waals surface area contributed by atoms with Gasteiger partial charge in [-0.25, -0.2) is 0 Å². The van der Waals surface area contributed by atoms with E-state index in [1.165, 1.54) is 83.5 Å². The van der Waals surface area contributed by atoms with E-state index in [0.717, 1.165) is 128 Å². The minimum absolute atomic E-state index is 0.103. The summed E-state index contributed by atoms with van der Waals surface area (Å²) in [6.07, 6.45) is 86.0. The Labute approximate surface area is 455 Å². The second-order valence-corrected chi connectivity index (χ2v) is 19.5. The lowest BCUT2D eigenvalue weighted by Gasteiger charge is -2.18. The zero-order valence-electron chi connectivity index (χ0n) is 47.8. The molecule has 0 aliphatic rings. The zero-order chi connectivity index (χ0) is 53.6. The van der Waals surface area contributed by atoms with Gasteiger partial charge in [-0.3, -0.25) is 14.4 Å². The Morgan fingerprint density at radius 3 is 0.905 bits per heavy atom. The van der Waals surface area contributed by atoms with Gasteiger partial charge in [-0.05, 0) is 116 Å². The number of unbranched alkanes of at least 4 members (excludes halogenated alkanes) is 20. The van der Waals surface area contributed by atoms with Gasteiger partial charge >= 0.3 is 17.9 Å². The van der Waals surface area contributed by atoms with Crippen molar-refractivity contribution in [3.8, 4) is 0 Å². The molecule has 0 aromatic carbocycles. The van der Waals surface area contributed by atoms with Crippen LogP contribution in [0, 0.1) is 0 Å². The lowest BCUT2D eigenvalue weighted by Crippen LogP contribution is -2.30. The molecule has 6 nitrogen and oxygen atoms in total. The van der Waals surface area contributed by atoms with Crippen molar-refractivity contribution >= 4 is 17.9 Å². The van der Waals surface area contributed by atoms with Gasteiger partial charge in [-0.2, -0.15) is 0 Å². The Bertz CT molecular complexity index is 1600. The number of carbonyl (C=O) groups is 3. The van der Waals surface area contributed by atoms with E-state index in [0.29, 0.717) is 19.3 Å². The highest BCUT2D eigenvalue weighted by atomic mass is 16.6. The van der Waals surface area contributed by atoms with Crippen molar-refractivity contribution in [1.82, 2.24) is 0 Å². The van der Waals surface area contributed by atoms with Crippen LogP contribution in [-0.4, -0.2) is 37.2 Å². The molecule has 0 saturated carbocycles. The minimum atomic E-state index is -0.812. The molecule has 0 fully saturated rings. The Morgan fingerprint density at radius 1 is 0.284 bits per heavy atom. The number of rotatable bonds is 53. The summed E-state index contributed by atoms with van der Waals surface area (Å²) in [5.74, 6) is -0.982. The predicted molar refractivity (Wildman–Crippen MR) is 320 cm³/mol. The first-order valence-electron chi connectivity index (χ1n) is 30.2. The molecular weight excluding hydrogens is 913 g/mol. The van der Waals surface area contributed by atoms with Crippen LogP contribution in [0.2, 0.25) is 0 Å². The molecule has 1 unspecified atom stereocenters. The maximum Gasteiger partial charge on any atom is 0.306 e. The maximum atomic E-state index is 12.8. The highest BCUT2D eigenvalue weighted by Crippen LogP contribution is 2.14. The van der Waals surface area contributed by atoms with E-state index in [1.807, 2.05) is 0 Å². The third-order valence-corrected chi connectivity index (χ3v) is 12.4. The van der Waals surface area contributed by atoms with Gasteiger partial charge in [0.2, 0.25) is 0 Å². The van der Waals surface area contributed by atoms with E-state index in [-0.39, 0.29) is 37.5 Å². The molecule has 0 bridgehead atoms. The third kappa shape index (κ3) is 58.4. The van der Waals surface area contributed by atoms with Crippen molar-refractivity contribution in [1.29, 1.82) is 0 Å². The zero-order valence-corrected chi connectivity index (χ0v) is 47.8. The molecule has 0 saturated heterocycles. The first kappa shape index (κ1) is 69.5. The highest BCUT2D eigenvalue weighted by Gasteiger charge is 2.19. The van der Waals surface area contributed by atoms with Crippen LogP contribution in [0.5, 0.6) is 0 Å². The maximum absolute atomic E-state index is 12.8. The molecule has 0 N–H and O–H groups in total. The van der Waals surface area contributed by atoms with Gasteiger partial charge in [-0.1, -0.05) is 257 Å². The smallest absolute Gasteiger partial charge is 0.306 e. The monoisotopic (exact) mass is 1020 g/mol. The van der Waals surface area contributed by atoms with Crippen molar-refractivity contribution in [2.24, 2.45) is 0 Å². The number of hydrogen-bond donors (Lipinski definition) is 0. The number of ether oxygens (including phenoxy) is 3. The topological polar surface area (TPSA) is 78.9 Å². The molecule has 0 aromatic heterocycles. The first-order chi connectivity index (χ1) is 36.5. The molecule has 418 valence electrons. The van der Waals surface area contributed by atoms with Crippen molar-refractivity contribution in [2.45, 2.75) is 264 Å². The molecular formula is C68H110O6. The van der Waals surface area contributed by atoms with Gasteiger partial charge < -0.3 is 14.2 Å². The molecule has 74 heavy (non-hydrogen) atoms. The van der Waals surface area contributed by atoms with E-state index < -0.39 is 6.10 Å². The molecule has 0 rings (SSSR count). The van der Waals surface area contributed by atoms with E-state index in [2.05, 4.69) is 154 Å². The van der Waals surface area contributed by atoms with Gasteiger partial charge in [0.1, 0.15) is 13.2 Å². The molecule has 0 heterocycles. The van der Waals surface area contributed by atoms with Crippen LogP contribution < -0.4 is 0 Å². The van der Waals surface area contributed by atoms with E-state index in [1.54, 1.807) is 0 Å². The molecule has 0 aromatic rings. The van der Waals surface area contributed by atoms with E-state index in [9.17, 15) is 14.4 Å². The molecule has 0 spiro atoms. The van der Waals surface area contributed by atoms with Crippen LogP contribution in [0.1, 0.15) is 258 Å². The van der Waals surface area contributed by atoms with Crippen LogP contribution in [0.4, 0.5) is 0 Å². The van der Waals surface area contributed by atoms with Gasteiger partial charge in [0.05, 0.1) is 0 Å². The summed E-state index contributed by atoms with van der Waals surface area (Å²) in [6, 6.07) is 0. The first-order valence-corrected chi connectivity index (χ1v) is 30.2. The fourth-order valence-electron chi connectivity index (χ4n) is 7.89. The summed E-state index contributed by atoms with van der Waals surface area (Å²) in [5.41, 5.74) is 0. The van der Waals surface area contributed by atoms with Crippen molar-refractivity contribution in [3.63, 3.8) is 0 Å². The average Bonchev–Trinajstić information content (AvgIpc) is 3.40. The number of carbonyl (C=O) groups excluding carboxylic acids is 3. The molecule has 1 atom stereocenters. The van der Waals surface area contributed by atoms with Gasteiger partial charge in [-0.15, -0.1) is 0 Å². The Morgan fingerprint density at radius 2 is 0.541 bits per heavy atom. The lowest BCUT2D eigenvalue weighted by atomic mass is 10.0. The second kappa shape index (κ2) is 61.1. The van der Waals surface area contributed by atoms with Crippen molar-refractivity contribution in [3.05, 3.63) is 134 Å². The normalized spacial score (nSPS) is 13.1. The Balaban J connectivity index is 4.43. The van der Waals surface area contributed by atoms with E-state index >= 15 is 0 Å². The highest BCUT2D eigenvalue weighted by molar-refractivity contribution is 5.71. The number of hydrogen-bond acceptors (Lipinski definition) is 6. The van der Waals surface area contributed by atoms with Crippen LogP contribution in [0.25, 0.3) is 0 Å². The van der Waals surface area contributed by atoms with Gasteiger partial charge in [0, 0.05) is 19.3 Å². The lowest BCUT2D eigenvalue weighted by molar-refractivity contribution is -0.167. The van der Waals surface area contributed by atoms with Crippen LogP contribution in [0.15, 0.2) is 134 Å². The molecule has 6 heteroatoms. The van der Waals surface area contributed by atoms with Crippen LogP contribution in [-0.2, 0) is 28.6 Å². The summed E-state index contributed by atoms with van der Waals surface area (Å²) in [4.78, 5) is 38.1. The van der Waals surface area contributed by atoms with Crippen LogP contribution in [0.3, 0.4) is 0 Å². The Hall–Kier alpha value is -4.45. The van der Waals surface area contributed by atoms with Crippen LogP contribution >= 0.6 is 0 Å². The van der Waals surface area contributed by atoms with E-state index in [4.69, 9.17) is 14.2 Å². The third-order valence-electron chi connectivity index (χ3n) is 12.4. The minimum Gasteiger partial charge on any atom is -0.462 e. The molecule has 0 aliphatic carbocycles. The Kier molecular flexibility index (Phi) is 57.4. The standard InChI is InChI=1S/C68H110O6/c1-4-7-10-13-16-19-22-25-27-28-29-30-31-32-33-34-35-36-37-38-39-40-42-43-46-49-52-55-58-61-67(70)73-64-65(63-72-66(69)60-57-54-51-48-45-24-21-18-15-12-9-6-3)74-68(71)62-59-56-53-50-47-44-41-26-23-20-17-14-11-8-5-2/h7,10,16-17,19-20,25-27,29-30,32-33,35-36,38-39,41-43,49,52,65H,4-6,8-9,11-15,18,21-24,28,31,34,37,40,44-48,50-51,53-64H2,1-3H3/b10-7-,19-16-,20-17-,27-25-,30-29-,33-32-,36-35-,39-38-,41-26-,43-42-,52-49-. The fraction of sp³-hybridized carbons (Fsp3) is 0.632. The van der Waals surface area contributed by atoms with Crippen molar-refractivity contribution < 1.29 is 28.6 Å². The van der Waals surface area contributed by atoms with Crippen molar-refractivity contribution in [2.75, 3.05) is 13.2 Å². The second-order valence-electron chi connectivity index (χ2n) is 19.5. The summed E-state index contributed by atoms with van der Waals surface area (Å²) in [6.45, 7) is 6.43. The number of allylic oxidation sites excluding steroid dienone is 22. The largest absolute Gasteiger partial charge is 0.462 e. The summed E-state index contributed by atoms with van der Waals surface area (Å²) >= 11 is 0. The van der Waals surface area contributed by atoms with Gasteiger partial charge in [0.15, 0.2) is 6.10 Å². The fourth-order valence-corrected chi connectivity index (χ4v) is 7.89. The van der Waals surface area contributed by atoms with Gasteiger partial charge in [0.25, 0.3) is 0 Å². The summed E-state index contributed by atoms with van der Waals surface area (Å²) < 4.78 is 16.8. The SMILES string of the molecule is CC/C=C\C/C=C\C/C=C\C/C=C\C/C=C\C/C=C\C/C=C\C/C=C\C/C=C\CCCC(=O)OCC(COC(=O)CCCCCCCCCCCCCC)OC(=O)CCCCCCC/C=C\C/C=C\CCCCC. The number of esters is 3. The summed E-state index contributed by atoms with van der Waals surface area (Å²) in [7, 11) is 0. The summed E-state index contributed by atoms with van der Waals surface area (Å²) in [5, 5.41) is 0. The quantitative estimate of drug-likeness (QED) is 0.0261. The molecule has 0 amide bonds. The predicted octanol–water partition coefficient (Wildman–Crippen LogP) is 20.6. The molecule has 0 radical (unpaired) electrons. The molecule has 0 aliphatic heterocycles. The average molecular weight is 1020 g/mol.